The minimum atomic E-state index is -0.524. The fraction of sp³-hybridized carbons (Fsp3) is 0.700. The third kappa shape index (κ3) is 9.02. The highest BCUT2D eigenvalue weighted by molar-refractivity contribution is 9.10. The van der Waals surface area contributed by atoms with Gasteiger partial charge in [0.15, 0.2) is 0 Å². The minimum absolute atomic E-state index is 0.162. The number of rotatable bonds is 14. The summed E-state index contributed by atoms with van der Waals surface area (Å²) < 4.78 is 32.0. The first kappa shape index (κ1) is 22.4. The van der Waals surface area contributed by atoms with Gasteiger partial charge in [-0.05, 0) is 47.3 Å². The molecule has 2 atom stereocenters. The van der Waals surface area contributed by atoms with E-state index in [2.05, 4.69) is 36.7 Å². The van der Waals surface area contributed by atoms with E-state index in [1.807, 2.05) is 0 Å². The van der Waals surface area contributed by atoms with Crippen molar-refractivity contribution in [3.8, 4) is 5.75 Å². The monoisotopic (exact) mass is 418 g/mol. The van der Waals surface area contributed by atoms with Crippen LogP contribution in [0.4, 0.5) is 4.39 Å². The fourth-order valence-corrected chi connectivity index (χ4v) is 2.68. The van der Waals surface area contributed by atoms with Crippen molar-refractivity contribution in [2.45, 2.75) is 78.1 Å². The van der Waals surface area contributed by atoms with Crippen LogP contribution in [0.15, 0.2) is 22.7 Å². The number of halogens is 2. The zero-order valence-corrected chi connectivity index (χ0v) is 17.3. The molecule has 0 saturated carbocycles. The molecule has 0 aliphatic carbocycles. The van der Waals surface area contributed by atoms with E-state index in [0.29, 0.717) is 23.4 Å². The van der Waals surface area contributed by atoms with E-state index in [0.717, 1.165) is 44.9 Å². The van der Waals surface area contributed by atoms with Crippen molar-refractivity contribution < 1.29 is 18.6 Å². The third-order valence-corrected chi connectivity index (χ3v) is 4.60. The van der Waals surface area contributed by atoms with Gasteiger partial charge in [0.1, 0.15) is 17.7 Å². The summed E-state index contributed by atoms with van der Waals surface area (Å²) in [7, 11) is 0. The highest BCUT2D eigenvalue weighted by Crippen LogP contribution is 2.23. The first-order chi connectivity index (χ1) is 12.1. The molecule has 3 nitrogen and oxygen atoms in total. The molecule has 0 heterocycles. The largest absolute Gasteiger partial charge is 0.462 e. The van der Waals surface area contributed by atoms with Crippen LogP contribution >= 0.6 is 15.9 Å². The molecule has 5 heteroatoms. The SMILES string of the molecule is CCCCCOC(CC)[C@@H](OCCCCC)Oc1ccc(Br)c(F)c1. The Labute approximate surface area is 160 Å². The molecule has 1 aromatic rings. The average Bonchev–Trinajstić information content (AvgIpc) is 2.61. The summed E-state index contributed by atoms with van der Waals surface area (Å²) in [6, 6.07) is 4.75. The first-order valence-electron chi connectivity index (χ1n) is 9.47. The molecule has 0 amide bonds. The molecule has 144 valence electrons. The Morgan fingerprint density at radius 3 is 2.16 bits per heavy atom. The van der Waals surface area contributed by atoms with Gasteiger partial charge >= 0.3 is 0 Å². The number of hydrogen-bond acceptors (Lipinski definition) is 3. The molecule has 0 saturated heterocycles. The number of ether oxygens (including phenoxy) is 3. The summed E-state index contributed by atoms with van der Waals surface area (Å²) >= 11 is 3.16. The van der Waals surface area contributed by atoms with Gasteiger partial charge in [-0.2, -0.15) is 0 Å². The van der Waals surface area contributed by atoms with Gasteiger partial charge in [-0.25, -0.2) is 4.39 Å². The smallest absolute Gasteiger partial charge is 0.226 e. The molecule has 0 aliphatic rings. The maximum absolute atomic E-state index is 13.8. The van der Waals surface area contributed by atoms with Crippen molar-refractivity contribution in [3.05, 3.63) is 28.5 Å². The van der Waals surface area contributed by atoms with Gasteiger partial charge in [0, 0.05) is 12.7 Å². The van der Waals surface area contributed by atoms with Crippen molar-refractivity contribution in [1.29, 1.82) is 0 Å². The molecule has 25 heavy (non-hydrogen) atoms. The Balaban J connectivity index is 2.69. The fourth-order valence-electron chi connectivity index (χ4n) is 2.43. The quantitative estimate of drug-likeness (QED) is 0.255. The standard InChI is InChI=1S/C20H32BrFO3/c1-4-7-9-13-23-19(6-3)20(24-14-10-8-5-2)25-16-11-12-17(21)18(22)15-16/h11-12,15,19-20H,4-10,13-14H2,1-3H3/t19?,20-/m0/s1. The molecule has 0 spiro atoms. The number of hydrogen-bond donors (Lipinski definition) is 0. The molecule has 0 radical (unpaired) electrons. The molecule has 0 N–H and O–H groups in total. The Hall–Kier alpha value is -0.650. The van der Waals surface area contributed by atoms with E-state index >= 15 is 0 Å². The van der Waals surface area contributed by atoms with Crippen molar-refractivity contribution in [3.63, 3.8) is 0 Å². The summed E-state index contributed by atoms with van der Waals surface area (Å²) in [6.07, 6.45) is 6.67. The molecular formula is C20H32BrFO3. The van der Waals surface area contributed by atoms with Gasteiger partial charge in [-0.1, -0.05) is 46.5 Å². The van der Waals surface area contributed by atoms with Crippen molar-refractivity contribution in [1.82, 2.24) is 0 Å². The average molecular weight is 419 g/mol. The van der Waals surface area contributed by atoms with Crippen molar-refractivity contribution >= 4 is 15.9 Å². The van der Waals surface area contributed by atoms with Crippen molar-refractivity contribution in [2.24, 2.45) is 0 Å². The van der Waals surface area contributed by atoms with E-state index in [9.17, 15) is 4.39 Å². The Morgan fingerprint density at radius 1 is 0.960 bits per heavy atom. The van der Waals surface area contributed by atoms with Crippen LogP contribution in [0.25, 0.3) is 0 Å². The molecular weight excluding hydrogens is 387 g/mol. The topological polar surface area (TPSA) is 27.7 Å². The van der Waals surface area contributed by atoms with Crippen LogP contribution < -0.4 is 4.74 Å². The highest BCUT2D eigenvalue weighted by Gasteiger charge is 2.24. The maximum Gasteiger partial charge on any atom is 0.226 e. The van der Waals surface area contributed by atoms with Crippen LogP contribution in [-0.4, -0.2) is 25.6 Å². The second-order valence-electron chi connectivity index (χ2n) is 6.16. The van der Waals surface area contributed by atoms with Gasteiger partial charge < -0.3 is 14.2 Å². The first-order valence-corrected chi connectivity index (χ1v) is 10.3. The van der Waals surface area contributed by atoms with E-state index in [-0.39, 0.29) is 11.9 Å². The lowest BCUT2D eigenvalue weighted by atomic mass is 10.2. The molecule has 0 aliphatic heterocycles. The summed E-state index contributed by atoms with van der Waals surface area (Å²) in [6.45, 7) is 7.69. The summed E-state index contributed by atoms with van der Waals surface area (Å²) in [5.41, 5.74) is 0. The second-order valence-corrected chi connectivity index (χ2v) is 7.02. The molecule has 1 aromatic carbocycles. The van der Waals surface area contributed by atoms with E-state index in [4.69, 9.17) is 14.2 Å². The lowest BCUT2D eigenvalue weighted by Crippen LogP contribution is -2.37. The van der Waals surface area contributed by atoms with Crippen LogP contribution in [0.5, 0.6) is 5.75 Å². The molecule has 0 aromatic heterocycles. The Kier molecular flexibility index (Phi) is 12.1. The van der Waals surface area contributed by atoms with Crippen LogP contribution in [-0.2, 0) is 9.47 Å². The van der Waals surface area contributed by atoms with Crippen LogP contribution in [0, 0.1) is 5.82 Å². The van der Waals surface area contributed by atoms with Crippen LogP contribution in [0.1, 0.15) is 65.7 Å². The summed E-state index contributed by atoms with van der Waals surface area (Å²) in [5, 5.41) is 0. The summed E-state index contributed by atoms with van der Waals surface area (Å²) in [4.78, 5) is 0. The maximum atomic E-state index is 13.8. The van der Waals surface area contributed by atoms with Crippen LogP contribution in [0.2, 0.25) is 0 Å². The van der Waals surface area contributed by atoms with Gasteiger partial charge in [-0.3, -0.25) is 0 Å². The van der Waals surface area contributed by atoms with E-state index in [1.54, 1.807) is 12.1 Å². The zero-order chi connectivity index (χ0) is 18.5. The minimum Gasteiger partial charge on any atom is -0.462 e. The van der Waals surface area contributed by atoms with Gasteiger partial charge in [0.05, 0.1) is 11.1 Å². The van der Waals surface area contributed by atoms with Gasteiger partial charge in [0.2, 0.25) is 6.29 Å². The molecule has 1 unspecified atom stereocenters. The lowest BCUT2D eigenvalue weighted by Gasteiger charge is -2.27. The number of benzene rings is 1. The van der Waals surface area contributed by atoms with Crippen molar-refractivity contribution in [2.75, 3.05) is 13.2 Å². The summed E-state index contributed by atoms with van der Waals surface area (Å²) in [5.74, 6) is 0.107. The van der Waals surface area contributed by atoms with E-state index in [1.165, 1.54) is 6.07 Å². The molecule has 0 bridgehead atoms. The number of unbranched alkanes of at least 4 members (excludes halogenated alkanes) is 4. The predicted molar refractivity (Wildman–Crippen MR) is 104 cm³/mol. The third-order valence-electron chi connectivity index (χ3n) is 3.96. The zero-order valence-electron chi connectivity index (χ0n) is 15.7. The second kappa shape index (κ2) is 13.5. The Morgan fingerprint density at radius 2 is 1.60 bits per heavy atom. The molecule has 0 fully saturated rings. The molecule has 1 rings (SSSR count). The van der Waals surface area contributed by atoms with Gasteiger partial charge in [-0.15, -0.1) is 0 Å². The lowest BCUT2D eigenvalue weighted by molar-refractivity contribution is -0.165. The normalized spacial score (nSPS) is 13.6. The predicted octanol–water partition coefficient (Wildman–Crippen LogP) is 6.49. The van der Waals surface area contributed by atoms with Gasteiger partial charge in [0.25, 0.3) is 0 Å². The Bertz CT molecular complexity index is 470. The van der Waals surface area contributed by atoms with E-state index < -0.39 is 6.29 Å². The highest BCUT2D eigenvalue weighted by atomic mass is 79.9. The van der Waals surface area contributed by atoms with Crippen LogP contribution in [0.3, 0.4) is 0 Å².